The molecule has 3 heterocycles. The Labute approximate surface area is 139 Å². The number of carbonyl (C=O) groups excluding carboxylic acids is 1. The molecule has 24 heavy (non-hydrogen) atoms. The van der Waals surface area contributed by atoms with Crippen LogP contribution in [-0.2, 0) is 4.79 Å². The fraction of sp³-hybridized carbons (Fsp3) is 0.562. The van der Waals surface area contributed by atoms with Crippen LogP contribution >= 0.6 is 0 Å². The van der Waals surface area contributed by atoms with Crippen LogP contribution in [0.5, 0.6) is 0 Å². The summed E-state index contributed by atoms with van der Waals surface area (Å²) < 4.78 is 1.48. The van der Waals surface area contributed by atoms with E-state index in [2.05, 4.69) is 20.6 Å². The summed E-state index contributed by atoms with van der Waals surface area (Å²) >= 11 is 0. The van der Waals surface area contributed by atoms with Gasteiger partial charge in [0.2, 0.25) is 5.91 Å². The topological polar surface area (TPSA) is 118 Å². The highest BCUT2D eigenvalue weighted by molar-refractivity contribution is 6.00. The number of aromatic nitrogens is 3. The van der Waals surface area contributed by atoms with E-state index in [9.17, 15) is 9.90 Å². The minimum absolute atomic E-state index is 0.00309. The van der Waals surface area contributed by atoms with Gasteiger partial charge in [0, 0.05) is 29.8 Å². The number of aliphatic hydroxyl groups excluding tert-OH is 1. The summed E-state index contributed by atoms with van der Waals surface area (Å²) in [5.74, 6) is 6.66. The van der Waals surface area contributed by atoms with Crippen LogP contribution in [0.4, 0.5) is 5.82 Å². The van der Waals surface area contributed by atoms with Crippen molar-refractivity contribution >= 4 is 22.8 Å². The number of amides is 1. The predicted molar refractivity (Wildman–Crippen MR) is 89.6 cm³/mol. The number of carbonyl (C=O) groups is 1. The second-order valence-electron chi connectivity index (χ2n) is 6.70. The molecule has 2 aromatic heterocycles. The molecule has 0 aromatic carbocycles. The maximum absolute atomic E-state index is 12.2. The Hall–Kier alpha value is -2.19. The highest BCUT2D eigenvalue weighted by Gasteiger charge is 2.29. The first kappa shape index (κ1) is 15.3. The predicted octanol–water partition coefficient (Wildman–Crippen LogP) is 0.669. The molecule has 4 rings (SSSR count). The molecule has 2 aromatic rings. The van der Waals surface area contributed by atoms with E-state index in [1.807, 2.05) is 6.20 Å². The Kier molecular flexibility index (Phi) is 3.85. The third-order valence-corrected chi connectivity index (χ3v) is 5.19. The molecule has 5 N–H and O–H groups in total. The quantitative estimate of drug-likeness (QED) is 0.612. The second-order valence-corrected chi connectivity index (χ2v) is 6.70. The third kappa shape index (κ3) is 2.51. The highest BCUT2D eigenvalue weighted by atomic mass is 16.3. The van der Waals surface area contributed by atoms with Crippen LogP contribution in [0.15, 0.2) is 12.5 Å². The molecule has 2 fully saturated rings. The van der Waals surface area contributed by atoms with Crippen LogP contribution in [-0.4, -0.2) is 38.3 Å². The molecule has 128 valence electrons. The molecule has 1 aliphatic heterocycles. The van der Waals surface area contributed by atoms with Crippen LogP contribution < -0.4 is 16.5 Å². The Morgan fingerprint density at radius 1 is 1.38 bits per heavy atom. The van der Waals surface area contributed by atoms with E-state index < -0.39 is 0 Å². The summed E-state index contributed by atoms with van der Waals surface area (Å²) in [6, 6.07) is 0.199. The Morgan fingerprint density at radius 3 is 2.88 bits per heavy atom. The van der Waals surface area contributed by atoms with Gasteiger partial charge in [0.1, 0.15) is 17.4 Å². The van der Waals surface area contributed by atoms with Gasteiger partial charge in [-0.1, -0.05) is 6.42 Å². The van der Waals surface area contributed by atoms with E-state index >= 15 is 0 Å². The number of nitrogen functional groups attached to an aromatic ring is 1. The molecule has 8 nitrogen and oxygen atoms in total. The Bertz CT molecular complexity index is 769. The van der Waals surface area contributed by atoms with Crippen molar-refractivity contribution in [1.82, 2.24) is 20.0 Å². The lowest BCUT2D eigenvalue weighted by Gasteiger charge is -2.23. The van der Waals surface area contributed by atoms with Gasteiger partial charge in [-0.15, -0.1) is 0 Å². The van der Waals surface area contributed by atoms with Crippen molar-refractivity contribution in [2.45, 2.75) is 44.2 Å². The van der Waals surface area contributed by atoms with E-state index in [1.165, 1.54) is 11.0 Å². The van der Waals surface area contributed by atoms with Crippen LogP contribution in [0.25, 0.3) is 11.0 Å². The van der Waals surface area contributed by atoms with Gasteiger partial charge in [-0.2, -0.15) is 0 Å². The van der Waals surface area contributed by atoms with E-state index in [-0.39, 0.29) is 30.5 Å². The molecule has 2 atom stereocenters. The molecular weight excluding hydrogens is 308 g/mol. The molecule has 1 amide bonds. The fourth-order valence-electron chi connectivity index (χ4n) is 3.55. The molecule has 0 bridgehead atoms. The molecule has 0 unspecified atom stereocenters. The average Bonchev–Trinajstić information content (AvgIpc) is 3.10. The van der Waals surface area contributed by atoms with Crippen molar-refractivity contribution in [3.63, 3.8) is 0 Å². The summed E-state index contributed by atoms with van der Waals surface area (Å²) in [7, 11) is 0. The number of aliphatic hydroxyl groups is 1. The highest BCUT2D eigenvalue weighted by Crippen LogP contribution is 2.34. The van der Waals surface area contributed by atoms with Gasteiger partial charge in [0.25, 0.3) is 0 Å². The van der Waals surface area contributed by atoms with Crippen molar-refractivity contribution in [2.75, 3.05) is 17.8 Å². The minimum Gasteiger partial charge on any atom is -0.395 e. The molecule has 1 aliphatic carbocycles. The lowest BCUT2D eigenvalue weighted by molar-refractivity contribution is -0.122. The number of nitrogens with one attached hydrogen (secondary N) is 2. The van der Waals surface area contributed by atoms with E-state index in [4.69, 9.17) is 5.84 Å². The smallest absolute Gasteiger partial charge is 0.228 e. The lowest BCUT2D eigenvalue weighted by atomic mass is 9.85. The molecule has 1 saturated carbocycles. The number of hydrogen-bond donors (Lipinski definition) is 4. The first-order valence-electron chi connectivity index (χ1n) is 8.46. The van der Waals surface area contributed by atoms with Crippen LogP contribution in [0.3, 0.4) is 0 Å². The zero-order valence-electron chi connectivity index (χ0n) is 13.4. The summed E-state index contributed by atoms with van der Waals surface area (Å²) in [4.78, 5) is 20.8. The summed E-state index contributed by atoms with van der Waals surface area (Å²) in [6.45, 7) is 0.120. The number of nitrogens with zero attached hydrogens (tertiary/aromatic N) is 3. The van der Waals surface area contributed by atoms with E-state index in [0.717, 1.165) is 43.2 Å². The first-order valence-corrected chi connectivity index (χ1v) is 8.46. The average molecular weight is 330 g/mol. The minimum atomic E-state index is 0.00309. The van der Waals surface area contributed by atoms with Crippen molar-refractivity contribution in [3.8, 4) is 0 Å². The number of fused-ring (bicyclic) bond motifs is 1. The fourth-order valence-corrected chi connectivity index (χ4v) is 3.55. The standard InChI is InChI=1S/C16H22N6O2/c17-22-6-11(12-5-4-10(7-23)20-12)13-14(22)15(19-8-18-13)21-16(24)9-2-1-3-9/h6,8-10,12,20,23H,1-5,7,17H2,(H,18,19,21,24)/t10-,12+/m0/s1. The van der Waals surface area contributed by atoms with Gasteiger partial charge in [-0.3, -0.25) is 9.47 Å². The van der Waals surface area contributed by atoms with Gasteiger partial charge in [-0.25, -0.2) is 9.97 Å². The van der Waals surface area contributed by atoms with E-state index in [1.54, 1.807) is 0 Å². The molecule has 8 heteroatoms. The third-order valence-electron chi connectivity index (χ3n) is 5.19. The van der Waals surface area contributed by atoms with Crippen LogP contribution in [0.2, 0.25) is 0 Å². The molecule has 2 aliphatic rings. The van der Waals surface area contributed by atoms with Gasteiger partial charge in [0.05, 0.1) is 6.61 Å². The van der Waals surface area contributed by atoms with Crippen molar-refractivity contribution in [3.05, 3.63) is 18.1 Å². The number of anilines is 1. The zero-order chi connectivity index (χ0) is 16.7. The van der Waals surface area contributed by atoms with Gasteiger partial charge < -0.3 is 21.6 Å². The van der Waals surface area contributed by atoms with Crippen molar-refractivity contribution in [1.29, 1.82) is 0 Å². The van der Waals surface area contributed by atoms with Crippen LogP contribution in [0, 0.1) is 5.92 Å². The summed E-state index contributed by atoms with van der Waals surface area (Å²) in [6.07, 6.45) is 8.09. The van der Waals surface area contributed by atoms with Gasteiger partial charge in [0.15, 0.2) is 5.82 Å². The van der Waals surface area contributed by atoms with Crippen molar-refractivity contribution in [2.24, 2.45) is 5.92 Å². The largest absolute Gasteiger partial charge is 0.395 e. The van der Waals surface area contributed by atoms with Crippen LogP contribution in [0.1, 0.15) is 43.7 Å². The normalized spacial score (nSPS) is 24.2. The molecule has 1 saturated heterocycles. The SMILES string of the molecule is Nn1cc([C@H]2CC[C@@H](CO)N2)c2ncnc(NC(=O)C3CCC3)c21. The van der Waals surface area contributed by atoms with E-state index in [0.29, 0.717) is 11.3 Å². The first-order chi connectivity index (χ1) is 11.7. The lowest BCUT2D eigenvalue weighted by Crippen LogP contribution is -2.28. The van der Waals surface area contributed by atoms with Gasteiger partial charge in [-0.05, 0) is 25.7 Å². The number of rotatable bonds is 4. The van der Waals surface area contributed by atoms with Gasteiger partial charge >= 0.3 is 0 Å². The number of nitrogens with two attached hydrogens (primary N) is 1. The zero-order valence-corrected chi connectivity index (χ0v) is 13.4. The molecule has 0 spiro atoms. The Morgan fingerprint density at radius 2 is 2.21 bits per heavy atom. The second kappa shape index (κ2) is 6.03. The summed E-state index contributed by atoms with van der Waals surface area (Å²) in [5.41, 5.74) is 2.35. The monoisotopic (exact) mass is 330 g/mol. The maximum Gasteiger partial charge on any atom is 0.228 e. The van der Waals surface area contributed by atoms with Crippen molar-refractivity contribution < 1.29 is 9.90 Å². The molecular formula is C16H22N6O2. The Balaban J connectivity index is 1.66. The number of hydrogen-bond acceptors (Lipinski definition) is 6. The maximum atomic E-state index is 12.2. The summed E-state index contributed by atoms with van der Waals surface area (Å²) in [5, 5.41) is 15.6. The molecule has 0 radical (unpaired) electrons.